The Balaban J connectivity index is 2.84. The monoisotopic (exact) mass is 288 g/mol. The number of carboxylic acid groups (broad SMARTS) is 1. The number of aliphatic hydroxyl groups is 1. The van der Waals surface area contributed by atoms with Gasteiger partial charge in [-0.15, -0.1) is 0 Å². The summed E-state index contributed by atoms with van der Waals surface area (Å²) in [4.78, 5) is 10.9. The van der Waals surface area contributed by atoms with E-state index < -0.39 is 5.97 Å². The minimum absolute atomic E-state index is 0.0103. The van der Waals surface area contributed by atoms with Gasteiger partial charge in [0.05, 0.1) is 6.61 Å². The van der Waals surface area contributed by atoms with Gasteiger partial charge in [-0.2, -0.15) is 0 Å². The summed E-state index contributed by atoms with van der Waals surface area (Å²) < 4.78 is 6.11. The smallest absolute Gasteiger partial charge is 0.339 e. The van der Waals surface area contributed by atoms with E-state index in [9.17, 15) is 4.79 Å². The summed E-state index contributed by atoms with van der Waals surface area (Å²) in [6.07, 6.45) is 0. The van der Waals surface area contributed by atoms with Crippen LogP contribution >= 0.6 is 15.9 Å². The van der Waals surface area contributed by atoms with Crippen molar-refractivity contribution in [2.45, 2.75) is 6.92 Å². The summed E-state index contributed by atoms with van der Waals surface area (Å²) in [5, 5.41) is 17.8. The molecule has 1 unspecified atom stereocenters. The molecular formula is C11H13BrO4. The first-order valence-corrected chi connectivity index (χ1v) is 5.60. The van der Waals surface area contributed by atoms with Crippen molar-refractivity contribution in [3.05, 3.63) is 28.2 Å². The van der Waals surface area contributed by atoms with Gasteiger partial charge < -0.3 is 14.9 Å². The number of hydrogen-bond acceptors (Lipinski definition) is 3. The minimum atomic E-state index is -1.03. The van der Waals surface area contributed by atoms with Gasteiger partial charge in [-0.3, -0.25) is 0 Å². The van der Waals surface area contributed by atoms with Crippen LogP contribution in [0.1, 0.15) is 17.3 Å². The molecule has 0 bridgehead atoms. The molecule has 0 aromatic heterocycles. The van der Waals surface area contributed by atoms with Gasteiger partial charge in [0.1, 0.15) is 11.3 Å². The van der Waals surface area contributed by atoms with E-state index >= 15 is 0 Å². The maximum Gasteiger partial charge on any atom is 0.339 e. The molecule has 0 aliphatic rings. The average Bonchev–Trinajstić information content (AvgIpc) is 2.25. The molecular weight excluding hydrogens is 276 g/mol. The Kier molecular flexibility index (Phi) is 4.76. The Labute approximate surface area is 102 Å². The van der Waals surface area contributed by atoms with Crippen LogP contribution in [0.3, 0.4) is 0 Å². The zero-order chi connectivity index (χ0) is 12.1. The number of ether oxygens (including phenoxy) is 1. The molecule has 4 nitrogen and oxygen atoms in total. The molecule has 1 aromatic carbocycles. The second-order valence-corrected chi connectivity index (χ2v) is 4.46. The van der Waals surface area contributed by atoms with Gasteiger partial charge in [0.15, 0.2) is 0 Å². The Morgan fingerprint density at radius 3 is 2.81 bits per heavy atom. The Bertz CT molecular complexity index is 378. The van der Waals surface area contributed by atoms with E-state index in [-0.39, 0.29) is 24.7 Å². The highest BCUT2D eigenvalue weighted by Gasteiger charge is 2.12. The lowest BCUT2D eigenvalue weighted by atomic mass is 10.2. The highest BCUT2D eigenvalue weighted by atomic mass is 79.9. The predicted molar refractivity (Wildman–Crippen MR) is 62.8 cm³/mol. The normalized spacial score (nSPS) is 12.2. The zero-order valence-corrected chi connectivity index (χ0v) is 10.4. The number of rotatable bonds is 5. The average molecular weight is 289 g/mol. The number of carbonyl (C=O) groups is 1. The topological polar surface area (TPSA) is 66.8 Å². The summed E-state index contributed by atoms with van der Waals surface area (Å²) in [6, 6.07) is 4.73. The molecule has 88 valence electrons. The number of benzene rings is 1. The van der Waals surface area contributed by atoms with E-state index in [1.54, 1.807) is 12.1 Å². The molecule has 5 heteroatoms. The van der Waals surface area contributed by atoms with E-state index in [1.165, 1.54) is 6.07 Å². The number of halogens is 1. The van der Waals surface area contributed by atoms with Crippen LogP contribution in [0, 0.1) is 5.92 Å². The third-order valence-corrected chi connectivity index (χ3v) is 2.50. The molecule has 0 aliphatic carbocycles. The molecule has 0 saturated carbocycles. The maximum absolute atomic E-state index is 10.9. The Hall–Kier alpha value is -1.07. The van der Waals surface area contributed by atoms with Gasteiger partial charge in [0.25, 0.3) is 0 Å². The van der Waals surface area contributed by atoms with E-state index in [2.05, 4.69) is 15.9 Å². The third kappa shape index (κ3) is 3.50. The molecule has 2 N–H and O–H groups in total. The third-order valence-electron chi connectivity index (χ3n) is 2.01. The quantitative estimate of drug-likeness (QED) is 0.871. The van der Waals surface area contributed by atoms with Crippen molar-refractivity contribution >= 4 is 21.9 Å². The maximum atomic E-state index is 10.9. The Morgan fingerprint density at radius 1 is 1.56 bits per heavy atom. The first kappa shape index (κ1) is 13.0. The molecule has 16 heavy (non-hydrogen) atoms. The number of aliphatic hydroxyl groups excluding tert-OH is 1. The first-order chi connectivity index (χ1) is 7.54. The van der Waals surface area contributed by atoms with Crippen molar-refractivity contribution in [3.63, 3.8) is 0 Å². The van der Waals surface area contributed by atoms with Gasteiger partial charge in [-0.25, -0.2) is 4.79 Å². The predicted octanol–water partition coefficient (Wildman–Crippen LogP) is 2.15. The van der Waals surface area contributed by atoms with Crippen LogP contribution in [0.2, 0.25) is 0 Å². The lowest BCUT2D eigenvalue weighted by Gasteiger charge is -2.12. The van der Waals surface area contributed by atoms with Crippen LogP contribution in [0.4, 0.5) is 0 Å². The first-order valence-electron chi connectivity index (χ1n) is 4.81. The minimum Gasteiger partial charge on any atom is -0.492 e. The van der Waals surface area contributed by atoms with Gasteiger partial charge in [-0.05, 0) is 18.2 Å². The van der Waals surface area contributed by atoms with E-state index in [0.29, 0.717) is 5.75 Å². The molecule has 0 fully saturated rings. The highest BCUT2D eigenvalue weighted by molar-refractivity contribution is 9.10. The standard InChI is InChI=1S/C11H13BrO4/c1-7(5-13)6-16-10-4-8(12)2-3-9(10)11(14)15/h2-4,7,13H,5-6H2,1H3,(H,14,15). The van der Waals surface area contributed by atoms with Gasteiger partial charge in [0, 0.05) is 17.0 Å². The number of aromatic carboxylic acids is 1. The van der Waals surface area contributed by atoms with Gasteiger partial charge in [-0.1, -0.05) is 22.9 Å². The fraction of sp³-hybridized carbons (Fsp3) is 0.364. The summed E-state index contributed by atoms with van der Waals surface area (Å²) in [5.74, 6) is -0.748. The molecule has 0 amide bonds. The molecule has 0 heterocycles. The van der Waals surface area contributed by atoms with Crippen LogP contribution in [0.15, 0.2) is 22.7 Å². The lowest BCUT2D eigenvalue weighted by Crippen LogP contribution is -2.13. The van der Waals surface area contributed by atoms with Crippen molar-refractivity contribution in [1.29, 1.82) is 0 Å². The molecule has 0 radical (unpaired) electrons. The van der Waals surface area contributed by atoms with Gasteiger partial charge >= 0.3 is 5.97 Å². The van der Waals surface area contributed by atoms with E-state index in [0.717, 1.165) is 4.47 Å². The summed E-state index contributed by atoms with van der Waals surface area (Å²) in [6.45, 7) is 2.11. The van der Waals surface area contributed by atoms with Crippen LogP contribution in [0.5, 0.6) is 5.75 Å². The molecule has 1 aromatic rings. The summed E-state index contributed by atoms with van der Waals surface area (Å²) in [5.41, 5.74) is 0.119. The van der Waals surface area contributed by atoms with Crippen LogP contribution in [-0.4, -0.2) is 29.4 Å². The summed E-state index contributed by atoms with van der Waals surface area (Å²) >= 11 is 3.25. The van der Waals surface area contributed by atoms with Crippen molar-refractivity contribution in [2.75, 3.05) is 13.2 Å². The van der Waals surface area contributed by atoms with Crippen molar-refractivity contribution < 1.29 is 19.7 Å². The molecule has 0 spiro atoms. The SMILES string of the molecule is CC(CO)COc1cc(Br)ccc1C(=O)O. The van der Waals surface area contributed by atoms with Crippen molar-refractivity contribution in [1.82, 2.24) is 0 Å². The fourth-order valence-electron chi connectivity index (χ4n) is 1.08. The van der Waals surface area contributed by atoms with Crippen LogP contribution in [0.25, 0.3) is 0 Å². The van der Waals surface area contributed by atoms with Crippen LogP contribution < -0.4 is 4.74 Å². The van der Waals surface area contributed by atoms with Crippen molar-refractivity contribution in [3.8, 4) is 5.75 Å². The number of hydrogen-bond donors (Lipinski definition) is 2. The largest absolute Gasteiger partial charge is 0.492 e. The molecule has 1 atom stereocenters. The van der Waals surface area contributed by atoms with Crippen LogP contribution in [-0.2, 0) is 0 Å². The zero-order valence-electron chi connectivity index (χ0n) is 8.81. The number of carboxylic acids is 1. The van der Waals surface area contributed by atoms with E-state index in [4.69, 9.17) is 14.9 Å². The van der Waals surface area contributed by atoms with Crippen molar-refractivity contribution in [2.24, 2.45) is 5.92 Å². The molecule has 0 aliphatic heterocycles. The second-order valence-electron chi connectivity index (χ2n) is 3.54. The summed E-state index contributed by atoms with van der Waals surface area (Å²) in [7, 11) is 0. The lowest BCUT2D eigenvalue weighted by molar-refractivity contribution is 0.0690. The van der Waals surface area contributed by atoms with Gasteiger partial charge in [0.2, 0.25) is 0 Å². The highest BCUT2D eigenvalue weighted by Crippen LogP contribution is 2.24. The Morgan fingerprint density at radius 2 is 2.25 bits per heavy atom. The fourth-order valence-corrected chi connectivity index (χ4v) is 1.42. The molecule has 0 saturated heterocycles. The molecule has 1 rings (SSSR count). The van der Waals surface area contributed by atoms with E-state index in [1.807, 2.05) is 6.92 Å². The second kappa shape index (κ2) is 5.86.